The van der Waals surface area contributed by atoms with Gasteiger partial charge in [0.05, 0.1) is 22.7 Å². The smallest absolute Gasteiger partial charge is 0.282 e. The molecule has 2 N–H and O–H groups in total. The number of anilines is 1. The number of benzene rings is 1. The maximum absolute atomic E-state index is 11.6. The number of nitrogens with zero attached hydrogens (tertiary/aromatic N) is 2. The van der Waals surface area contributed by atoms with E-state index in [1.165, 1.54) is 12.1 Å². The summed E-state index contributed by atoms with van der Waals surface area (Å²) >= 11 is 0. The lowest BCUT2D eigenvalue weighted by Gasteiger charge is -2.11. The highest BCUT2D eigenvalue weighted by Gasteiger charge is 2.25. The molecule has 1 aliphatic rings. The first-order valence-electron chi connectivity index (χ1n) is 5.15. The Balaban J connectivity index is 2.26. The molecule has 0 radical (unpaired) electrons. The average Bonchev–Trinajstić information content (AvgIpc) is 2.70. The average molecular weight is 286 g/mol. The van der Waals surface area contributed by atoms with E-state index in [2.05, 4.69) is 9.99 Å². The summed E-state index contributed by atoms with van der Waals surface area (Å²) in [5.74, 6) is -0.327. The molecular weight excluding hydrogens is 276 g/mol. The molecule has 0 unspecified atom stereocenters. The standard InChI is InChI=1S/C10H10N2O6S/c13-10-5-7(6-18-14)11-12(10)8-1-3-9(4-2-8)19(15,16)17/h1-4,14H,5-6H2,(H,15,16,17). The molecule has 0 spiro atoms. The largest absolute Gasteiger partial charge is 0.294 e. The van der Waals surface area contributed by atoms with Crippen LogP contribution in [0.15, 0.2) is 34.3 Å². The third-order valence-corrected chi connectivity index (χ3v) is 3.31. The van der Waals surface area contributed by atoms with Crippen molar-refractivity contribution in [2.24, 2.45) is 5.10 Å². The monoisotopic (exact) mass is 286 g/mol. The van der Waals surface area contributed by atoms with Gasteiger partial charge in [0.1, 0.15) is 6.61 Å². The van der Waals surface area contributed by atoms with Gasteiger partial charge in [0.15, 0.2) is 0 Å². The molecule has 0 saturated heterocycles. The van der Waals surface area contributed by atoms with Gasteiger partial charge in [-0.15, -0.1) is 0 Å². The molecular formula is C10H10N2O6S. The van der Waals surface area contributed by atoms with E-state index in [1.807, 2.05) is 0 Å². The molecule has 1 aliphatic heterocycles. The van der Waals surface area contributed by atoms with E-state index in [4.69, 9.17) is 9.81 Å². The quantitative estimate of drug-likeness (QED) is 0.473. The van der Waals surface area contributed by atoms with Crippen LogP contribution in [0.3, 0.4) is 0 Å². The number of rotatable bonds is 4. The van der Waals surface area contributed by atoms with Gasteiger partial charge in [-0.1, -0.05) is 0 Å². The second kappa shape index (κ2) is 5.05. The first kappa shape index (κ1) is 13.6. The lowest BCUT2D eigenvalue weighted by molar-refractivity contribution is -0.227. The van der Waals surface area contributed by atoms with E-state index in [0.717, 1.165) is 17.1 Å². The Bertz CT molecular complexity index is 622. The highest BCUT2D eigenvalue weighted by molar-refractivity contribution is 7.85. The van der Waals surface area contributed by atoms with E-state index in [-0.39, 0.29) is 23.8 Å². The number of carbonyl (C=O) groups is 1. The van der Waals surface area contributed by atoms with Crippen LogP contribution in [0.25, 0.3) is 0 Å². The van der Waals surface area contributed by atoms with Crippen LogP contribution in [0.5, 0.6) is 0 Å². The summed E-state index contributed by atoms with van der Waals surface area (Å²) in [4.78, 5) is 15.3. The van der Waals surface area contributed by atoms with Crippen molar-refractivity contribution in [2.45, 2.75) is 11.3 Å². The zero-order valence-electron chi connectivity index (χ0n) is 9.55. The van der Waals surface area contributed by atoms with E-state index in [1.54, 1.807) is 0 Å². The van der Waals surface area contributed by atoms with Crippen molar-refractivity contribution < 1.29 is 27.9 Å². The van der Waals surface area contributed by atoms with Gasteiger partial charge in [0.25, 0.3) is 16.0 Å². The molecule has 0 fully saturated rings. The molecule has 1 heterocycles. The fraction of sp³-hybridized carbons (Fsp3) is 0.200. The van der Waals surface area contributed by atoms with E-state index < -0.39 is 10.1 Å². The summed E-state index contributed by atoms with van der Waals surface area (Å²) in [5, 5.41) is 13.3. The van der Waals surface area contributed by atoms with Crippen molar-refractivity contribution >= 4 is 27.4 Å². The summed E-state index contributed by atoms with van der Waals surface area (Å²) in [6.07, 6.45) is 0.0145. The van der Waals surface area contributed by atoms with Gasteiger partial charge in [-0.25, -0.2) is 9.90 Å². The second-order valence-electron chi connectivity index (χ2n) is 3.79. The summed E-state index contributed by atoms with van der Waals surface area (Å²) in [7, 11) is -4.27. The van der Waals surface area contributed by atoms with Crippen molar-refractivity contribution in [3.05, 3.63) is 24.3 Å². The topological polar surface area (TPSA) is 117 Å². The number of amides is 1. The number of hydrazone groups is 1. The fourth-order valence-electron chi connectivity index (χ4n) is 1.60. The van der Waals surface area contributed by atoms with Crippen molar-refractivity contribution in [2.75, 3.05) is 11.6 Å². The first-order chi connectivity index (χ1) is 8.91. The molecule has 0 aromatic heterocycles. The molecule has 0 saturated carbocycles. The van der Waals surface area contributed by atoms with Gasteiger partial charge < -0.3 is 0 Å². The van der Waals surface area contributed by atoms with Crippen molar-refractivity contribution in [3.63, 3.8) is 0 Å². The molecule has 1 aromatic carbocycles. The van der Waals surface area contributed by atoms with Gasteiger partial charge in [-0.05, 0) is 24.3 Å². The molecule has 0 atom stereocenters. The summed E-state index contributed by atoms with van der Waals surface area (Å²) in [5.41, 5.74) is 0.705. The Hall–Kier alpha value is -1.81. The minimum Gasteiger partial charge on any atom is -0.282 e. The third kappa shape index (κ3) is 2.96. The van der Waals surface area contributed by atoms with Gasteiger partial charge in [-0.2, -0.15) is 13.5 Å². The van der Waals surface area contributed by atoms with Crippen molar-refractivity contribution in [1.82, 2.24) is 0 Å². The number of hydrogen-bond donors (Lipinski definition) is 2. The molecule has 2 rings (SSSR count). The van der Waals surface area contributed by atoms with Crippen LogP contribution in [-0.4, -0.2) is 36.5 Å². The van der Waals surface area contributed by atoms with E-state index >= 15 is 0 Å². The number of carbonyl (C=O) groups excluding carboxylic acids is 1. The Kier molecular flexibility index (Phi) is 3.62. The van der Waals surface area contributed by atoms with Gasteiger partial charge in [0.2, 0.25) is 0 Å². The Morgan fingerprint density at radius 1 is 1.32 bits per heavy atom. The Labute approximate surface area is 108 Å². The molecule has 9 heteroatoms. The van der Waals surface area contributed by atoms with Crippen LogP contribution < -0.4 is 5.01 Å². The highest BCUT2D eigenvalue weighted by atomic mass is 32.2. The third-order valence-electron chi connectivity index (χ3n) is 2.44. The van der Waals surface area contributed by atoms with Crippen LogP contribution in [0.2, 0.25) is 0 Å². The van der Waals surface area contributed by atoms with Crippen molar-refractivity contribution in [1.29, 1.82) is 0 Å². The van der Waals surface area contributed by atoms with Crippen LogP contribution in [0.1, 0.15) is 6.42 Å². The van der Waals surface area contributed by atoms with Gasteiger partial charge in [-0.3, -0.25) is 14.6 Å². The van der Waals surface area contributed by atoms with Crippen LogP contribution >= 0.6 is 0 Å². The maximum Gasteiger partial charge on any atom is 0.294 e. The van der Waals surface area contributed by atoms with Gasteiger partial charge in [0, 0.05) is 0 Å². The summed E-state index contributed by atoms with van der Waals surface area (Å²) in [6.45, 7) is -0.175. The summed E-state index contributed by atoms with van der Waals surface area (Å²) < 4.78 is 30.6. The fourth-order valence-corrected chi connectivity index (χ4v) is 2.08. The predicted molar refractivity (Wildman–Crippen MR) is 64.4 cm³/mol. The Morgan fingerprint density at radius 3 is 2.47 bits per heavy atom. The van der Waals surface area contributed by atoms with E-state index in [9.17, 15) is 13.2 Å². The highest BCUT2D eigenvalue weighted by Crippen LogP contribution is 2.22. The normalized spacial score (nSPS) is 15.8. The lowest BCUT2D eigenvalue weighted by Crippen LogP contribution is -2.19. The minimum absolute atomic E-state index is 0.0145. The molecule has 1 aromatic rings. The zero-order chi connectivity index (χ0) is 14.0. The molecule has 8 nitrogen and oxygen atoms in total. The molecule has 0 bridgehead atoms. The Morgan fingerprint density at radius 2 is 1.95 bits per heavy atom. The second-order valence-corrected chi connectivity index (χ2v) is 5.21. The van der Waals surface area contributed by atoms with Crippen molar-refractivity contribution in [3.8, 4) is 0 Å². The maximum atomic E-state index is 11.6. The number of hydrogen-bond acceptors (Lipinski definition) is 6. The predicted octanol–water partition coefficient (Wildman–Crippen LogP) is 0.516. The van der Waals surface area contributed by atoms with Crippen LogP contribution in [0, 0.1) is 0 Å². The van der Waals surface area contributed by atoms with E-state index in [0.29, 0.717) is 11.4 Å². The minimum atomic E-state index is -4.27. The first-order valence-corrected chi connectivity index (χ1v) is 6.59. The van der Waals surface area contributed by atoms with Crippen LogP contribution in [0.4, 0.5) is 5.69 Å². The molecule has 0 aliphatic carbocycles. The molecule has 19 heavy (non-hydrogen) atoms. The summed E-state index contributed by atoms with van der Waals surface area (Å²) in [6, 6.07) is 5.00. The lowest BCUT2D eigenvalue weighted by atomic mass is 10.2. The molecule has 1 amide bonds. The SMILES string of the molecule is O=C1CC(COO)=NN1c1ccc(S(=O)(=O)O)cc1. The zero-order valence-corrected chi connectivity index (χ0v) is 10.4. The van der Waals surface area contributed by atoms with Gasteiger partial charge >= 0.3 is 0 Å². The van der Waals surface area contributed by atoms with Crippen LogP contribution in [-0.2, 0) is 19.8 Å². The molecule has 102 valence electrons.